The van der Waals surface area contributed by atoms with Gasteiger partial charge in [0.2, 0.25) is 15.9 Å². The van der Waals surface area contributed by atoms with Gasteiger partial charge in [0.25, 0.3) is 0 Å². The van der Waals surface area contributed by atoms with Crippen molar-refractivity contribution in [1.29, 1.82) is 0 Å². The lowest BCUT2D eigenvalue weighted by molar-refractivity contribution is -0.126. The first kappa shape index (κ1) is 15.9. The highest BCUT2D eigenvalue weighted by atomic mass is 32.2. The number of carbonyl (C=O) groups excluding carboxylic acids is 1. The summed E-state index contributed by atoms with van der Waals surface area (Å²) in [6.45, 7) is 0.354. The smallest absolute Gasteiger partial charge is 0.238 e. The number of nitrogens with two attached hydrogens (primary N) is 2. The van der Waals surface area contributed by atoms with Gasteiger partial charge >= 0.3 is 0 Å². The van der Waals surface area contributed by atoms with E-state index in [4.69, 9.17) is 10.9 Å². The molecule has 1 amide bonds. The molecule has 0 heterocycles. The Balaban J connectivity index is 1.92. The van der Waals surface area contributed by atoms with Crippen molar-refractivity contribution in [3.63, 3.8) is 0 Å². The van der Waals surface area contributed by atoms with Gasteiger partial charge < -0.3 is 11.1 Å². The molecule has 0 radical (unpaired) electrons. The predicted molar refractivity (Wildman–Crippen MR) is 79.6 cm³/mol. The molecule has 2 rings (SSSR count). The summed E-state index contributed by atoms with van der Waals surface area (Å²) in [5, 5.41) is 7.89. The van der Waals surface area contributed by atoms with E-state index in [1.165, 1.54) is 12.1 Å². The molecular weight excluding hydrogens is 290 g/mol. The zero-order valence-electron chi connectivity index (χ0n) is 11.8. The SMILES string of the molecule is NC1CCCCC1C(=O)NCc1ccc(S(N)(=O)=O)cc1. The van der Waals surface area contributed by atoms with Crippen molar-refractivity contribution in [3.8, 4) is 0 Å². The van der Waals surface area contributed by atoms with Gasteiger partial charge in [0, 0.05) is 12.6 Å². The van der Waals surface area contributed by atoms with Crippen LogP contribution in [0.1, 0.15) is 31.2 Å². The fourth-order valence-electron chi connectivity index (χ4n) is 2.60. The first-order valence-corrected chi connectivity index (χ1v) is 8.57. The molecule has 2 atom stereocenters. The lowest BCUT2D eigenvalue weighted by Crippen LogP contribution is -2.43. The first-order chi connectivity index (χ1) is 9.88. The quantitative estimate of drug-likeness (QED) is 0.749. The Morgan fingerprint density at radius 1 is 1.19 bits per heavy atom. The minimum absolute atomic E-state index is 0.0299. The van der Waals surface area contributed by atoms with Gasteiger partial charge in [0.05, 0.1) is 10.8 Å². The monoisotopic (exact) mass is 311 g/mol. The van der Waals surface area contributed by atoms with Crippen LogP contribution in [0.4, 0.5) is 0 Å². The minimum Gasteiger partial charge on any atom is -0.352 e. The van der Waals surface area contributed by atoms with Crippen LogP contribution in [0.3, 0.4) is 0 Å². The molecule has 1 fully saturated rings. The highest BCUT2D eigenvalue weighted by Crippen LogP contribution is 2.23. The van der Waals surface area contributed by atoms with Crippen LogP contribution in [0.25, 0.3) is 0 Å². The Morgan fingerprint density at radius 2 is 1.81 bits per heavy atom. The van der Waals surface area contributed by atoms with Crippen LogP contribution in [-0.4, -0.2) is 20.4 Å². The average Bonchev–Trinajstić information content (AvgIpc) is 2.45. The third-order valence-corrected chi connectivity index (χ3v) is 4.80. The predicted octanol–water partition coefficient (Wildman–Crippen LogP) is 0.468. The third-order valence-electron chi connectivity index (χ3n) is 3.87. The Bertz CT molecular complexity index is 598. The van der Waals surface area contributed by atoms with Crippen molar-refractivity contribution in [3.05, 3.63) is 29.8 Å². The van der Waals surface area contributed by atoms with Gasteiger partial charge in [-0.25, -0.2) is 13.6 Å². The maximum atomic E-state index is 12.1. The molecule has 0 aliphatic heterocycles. The molecule has 7 heteroatoms. The van der Waals surface area contributed by atoms with Crippen LogP contribution in [0, 0.1) is 5.92 Å². The number of hydrogen-bond acceptors (Lipinski definition) is 4. The van der Waals surface area contributed by atoms with Crippen LogP contribution >= 0.6 is 0 Å². The Hall–Kier alpha value is -1.44. The molecule has 1 aliphatic carbocycles. The van der Waals surface area contributed by atoms with Gasteiger partial charge in [0.1, 0.15) is 0 Å². The van der Waals surface area contributed by atoms with Crippen LogP contribution in [-0.2, 0) is 21.4 Å². The van der Waals surface area contributed by atoms with E-state index in [1.807, 2.05) is 0 Å². The van der Waals surface area contributed by atoms with E-state index in [-0.39, 0.29) is 22.8 Å². The molecule has 5 N–H and O–H groups in total. The molecule has 0 spiro atoms. The van der Waals surface area contributed by atoms with E-state index >= 15 is 0 Å². The number of hydrogen-bond donors (Lipinski definition) is 3. The van der Waals surface area contributed by atoms with Gasteiger partial charge in [-0.1, -0.05) is 25.0 Å². The van der Waals surface area contributed by atoms with Crippen molar-refractivity contribution in [2.75, 3.05) is 0 Å². The number of benzene rings is 1. The van der Waals surface area contributed by atoms with Gasteiger partial charge in [-0.05, 0) is 30.5 Å². The van der Waals surface area contributed by atoms with Crippen molar-refractivity contribution in [2.45, 2.75) is 43.2 Å². The number of nitrogens with one attached hydrogen (secondary N) is 1. The Kier molecular flexibility index (Phi) is 4.97. The number of sulfonamides is 1. The molecule has 21 heavy (non-hydrogen) atoms. The maximum absolute atomic E-state index is 12.1. The Morgan fingerprint density at radius 3 is 2.38 bits per heavy atom. The van der Waals surface area contributed by atoms with Gasteiger partial charge in [-0.2, -0.15) is 0 Å². The fraction of sp³-hybridized carbons (Fsp3) is 0.500. The maximum Gasteiger partial charge on any atom is 0.238 e. The zero-order chi connectivity index (χ0) is 15.5. The van der Waals surface area contributed by atoms with Crippen LogP contribution in [0.5, 0.6) is 0 Å². The molecule has 1 aromatic carbocycles. The summed E-state index contributed by atoms with van der Waals surface area (Å²) in [5.41, 5.74) is 6.79. The minimum atomic E-state index is -3.68. The van der Waals surface area contributed by atoms with E-state index < -0.39 is 10.0 Å². The molecule has 116 valence electrons. The number of rotatable bonds is 4. The molecule has 0 aromatic heterocycles. The molecule has 1 aromatic rings. The van der Waals surface area contributed by atoms with E-state index in [9.17, 15) is 13.2 Å². The summed E-state index contributed by atoms with van der Waals surface area (Å²) in [7, 11) is -3.68. The van der Waals surface area contributed by atoms with Gasteiger partial charge in [0.15, 0.2) is 0 Å². The van der Waals surface area contributed by atoms with Crippen molar-refractivity contribution < 1.29 is 13.2 Å². The summed E-state index contributed by atoms with van der Waals surface area (Å²) >= 11 is 0. The van der Waals surface area contributed by atoms with Crippen molar-refractivity contribution in [2.24, 2.45) is 16.8 Å². The fourth-order valence-corrected chi connectivity index (χ4v) is 3.12. The van der Waals surface area contributed by atoms with E-state index in [0.29, 0.717) is 6.54 Å². The highest BCUT2D eigenvalue weighted by Gasteiger charge is 2.27. The first-order valence-electron chi connectivity index (χ1n) is 7.03. The normalized spacial score (nSPS) is 22.8. The van der Waals surface area contributed by atoms with Crippen molar-refractivity contribution >= 4 is 15.9 Å². The summed E-state index contributed by atoms with van der Waals surface area (Å²) in [6, 6.07) is 6.08. The second-order valence-corrected chi connectivity index (χ2v) is 7.02. The second-order valence-electron chi connectivity index (χ2n) is 5.46. The molecule has 2 unspecified atom stereocenters. The number of amides is 1. The summed E-state index contributed by atoms with van der Waals surface area (Å²) < 4.78 is 22.3. The van der Waals surface area contributed by atoms with Gasteiger partial charge in [-0.15, -0.1) is 0 Å². The lowest BCUT2D eigenvalue weighted by Gasteiger charge is -2.27. The number of carbonyl (C=O) groups is 1. The summed E-state index contributed by atoms with van der Waals surface area (Å²) in [4.78, 5) is 12.2. The topological polar surface area (TPSA) is 115 Å². The van der Waals surface area contributed by atoms with Crippen LogP contribution in [0.15, 0.2) is 29.2 Å². The molecule has 0 saturated heterocycles. The second kappa shape index (κ2) is 6.55. The summed E-state index contributed by atoms with van der Waals surface area (Å²) in [5.74, 6) is -0.153. The van der Waals surface area contributed by atoms with E-state index in [1.54, 1.807) is 12.1 Å². The standard InChI is InChI=1S/C14H21N3O3S/c15-13-4-2-1-3-12(13)14(18)17-9-10-5-7-11(8-6-10)21(16,19)20/h5-8,12-13H,1-4,9,15H2,(H,17,18)(H2,16,19,20). The van der Waals surface area contributed by atoms with Crippen LogP contribution in [0.2, 0.25) is 0 Å². The van der Waals surface area contributed by atoms with Crippen molar-refractivity contribution in [1.82, 2.24) is 5.32 Å². The zero-order valence-corrected chi connectivity index (χ0v) is 12.6. The molecular formula is C14H21N3O3S. The third kappa shape index (κ3) is 4.26. The van der Waals surface area contributed by atoms with Crippen LogP contribution < -0.4 is 16.2 Å². The molecule has 6 nitrogen and oxygen atoms in total. The average molecular weight is 311 g/mol. The lowest BCUT2D eigenvalue weighted by atomic mass is 9.84. The molecule has 1 saturated carbocycles. The molecule has 0 bridgehead atoms. The largest absolute Gasteiger partial charge is 0.352 e. The number of primary sulfonamides is 1. The van der Waals surface area contributed by atoms with E-state index in [2.05, 4.69) is 5.32 Å². The van der Waals surface area contributed by atoms with E-state index in [0.717, 1.165) is 31.2 Å². The highest BCUT2D eigenvalue weighted by molar-refractivity contribution is 7.89. The Labute approximate surface area is 124 Å². The van der Waals surface area contributed by atoms with Gasteiger partial charge in [-0.3, -0.25) is 4.79 Å². The molecule has 1 aliphatic rings. The summed E-state index contributed by atoms with van der Waals surface area (Å²) in [6.07, 6.45) is 3.84.